The summed E-state index contributed by atoms with van der Waals surface area (Å²) in [4.78, 5) is 4.56. The van der Waals surface area contributed by atoms with Crippen LogP contribution in [0.25, 0.3) is 11.2 Å². The van der Waals surface area contributed by atoms with Gasteiger partial charge in [-0.2, -0.15) is 0 Å². The smallest absolute Gasteiger partial charge is 0.210 e. The number of nitrogens with zero attached hydrogens (tertiary/aromatic N) is 4. The number of aromatic nitrogens is 4. The number of rotatable bonds is 4. The molecule has 118 valence electrons. The highest BCUT2D eigenvalue weighted by atomic mass is 16.3. The topological polar surface area (TPSA) is 68.2 Å². The van der Waals surface area contributed by atoms with E-state index in [9.17, 15) is 0 Å². The van der Waals surface area contributed by atoms with Crippen molar-refractivity contribution in [3.05, 3.63) is 48.3 Å². The fourth-order valence-electron chi connectivity index (χ4n) is 2.97. The summed E-state index contributed by atoms with van der Waals surface area (Å²) in [5, 5.41) is 11.6. The molecule has 0 radical (unpaired) electrons. The molecular formula is C17H19N5O. The molecule has 0 spiro atoms. The molecule has 0 aromatic carbocycles. The first-order valence-corrected chi connectivity index (χ1v) is 7.95. The van der Waals surface area contributed by atoms with E-state index >= 15 is 0 Å². The summed E-state index contributed by atoms with van der Waals surface area (Å²) < 4.78 is 7.24. The quantitative estimate of drug-likeness (QED) is 0.798. The Morgan fingerprint density at radius 2 is 2.39 bits per heavy atom. The molecule has 3 aromatic rings. The van der Waals surface area contributed by atoms with Crippen LogP contribution in [0.4, 0.5) is 5.95 Å². The lowest BCUT2D eigenvalue weighted by atomic mass is 9.88. The maximum absolute atomic E-state index is 5.34. The van der Waals surface area contributed by atoms with E-state index in [4.69, 9.17) is 4.42 Å². The van der Waals surface area contributed by atoms with Crippen LogP contribution >= 0.6 is 0 Å². The van der Waals surface area contributed by atoms with Gasteiger partial charge in [0.2, 0.25) is 5.95 Å². The normalized spacial score (nSPS) is 18.1. The average molecular weight is 309 g/mol. The second-order valence-electron chi connectivity index (χ2n) is 6.06. The van der Waals surface area contributed by atoms with Crippen molar-refractivity contribution in [2.24, 2.45) is 5.92 Å². The Balaban J connectivity index is 1.65. The Labute approximate surface area is 134 Å². The monoisotopic (exact) mass is 309 g/mol. The lowest BCUT2D eigenvalue weighted by molar-refractivity contribution is 0.517. The lowest BCUT2D eigenvalue weighted by Gasteiger charge is -2.18. The van der Waals surface area contributed by atoms with Gasteiger partial charge in [-0.25, -0.2) is 4.98 Å². The molecule has 1 unspecified atom stereocenters. The first-order valence-electron chi connectivity index (χ1n) is 7.95. The first kappa shape index (κ1) is 14.0. The van der Waals surface area contributed by atoms with E-state index in [-0.39, 0.29) is 0 Å². The van der Waals surface area contributed by atoms with Gasteiger partial charge in [0.15, 0.2) is 5.65 Å². The van der Waals surface area contributed by atoms with Crippen molar-refractivity contribution in [2.75, 3.05) is 5.32 Å². The molecule has 23 heavy (non-hydrogen) atoms. The van der Waals surface area contributed by atoms with Crippen molar-refractivity contribution in [2.45, 2.75) is 32.7 Å². The number of fused-ring (bicyclic) bond motifs is 1. The molecule has 1 N–H and O–H groups in total. The number of nitrogens with one attached hydrogen (secondary N) is 1. The minimum atomic E-state index is 0.576. The maximum atomic E-state index is 5.34. The van der Waals surface area contributed by atoms with Crippen LogP contribution in [0.2, 0.25) is 0 Å². The highest BCUT2D eigenvalue weighted by molar-refractivity contribution is 5.76. The van der Waals surface area contributed by atoms with Crippen molar-refractivity contribution in [3.63, 3.8) is 0 Å². The second-order valence-corrected chi connectivity index (χ2v) is 6.06. The van der Waals surface area contributed by atoms with Crippen LogP contribution in [0.5, 0.6) is 0 Å². The molecule has 6 nitrogen and oxygen atoms in total. The van der Waals surface area contributed by atoms with E-state index in [1.54, 1.807) is 12.6 Å². The molecule has 0 fully saturated rings. The third-order valence-corrected chi connectivity index (χ3v) is 4.35. The lowest BCUT2D eigenvalue weighted by Crippen LogP contribution is -2.08. The summed E-state index contributed by atoms with van der Waals surface area (Å²) in [6.45, 7) is 2.87. The van der Waals surface area contributed by atoms with Gasteiger partial charge in [-0.3, -0.25) is 4.40 Å². The molecule has 1 aliphatic carbocycles. The van der Waals surface area contributed by atoms with Crippen molar-refractivity contribution >= 4 is 17.2 Å². The van der Waals surface area contributed by atoms with Crippen molar-refractivity contribution in [3.8, 4) is 0 Å². The Kier molecular flexibility index (Phi) is 3.57. The Morgan fingerprint density at radius 1 is 1.43 bits per heavy atom. The van der Waals surface area contributed by atoms with Crippen LogP contribution in [0.3, 0.4) is 0 Å². The molecule has 1 aliphatic rings. The Morgan fingerprint density at radius 3 is 3.17 bits per heavy atom. The van der Waals surface area contributed by atoms with Crippen molar-refractivity contribution in [1.29, 1.82) is 0 Å². The average Bonchev–Trinajstić information content (AvgIpc) is 3.25. The van der Waals surface area contributed by atoms with Crippen molar-refractivity contribution < 1.29 is 4.42 Å². The van der Waals surface area contributed by atoms with Gasteiger partial charge in [0.05, 0.1) is 12.8 Å². The van der Waals surface area contributed by atoms with Gasteiger partial charge in [-0.15, -0.1) is 10.2 Å². The molecular weight excluding hydrogens is 290 g/mol. The minimum Gasteiger partial charge on any atom is -0.467 e. The van der Waals surface area contributed by atoms with Gasteiger partial charge in [-0.1, -0.05) is 13.0 Å². The molecule has 3 aromatic heterocycles. The van der Waals surface area contributed by atoms with Gasteiger partial charge in [0.1, 0.15) is 12.1 Å². The van der Waals surface area contributed by atoms with Gasteiger partial charge in [-0.05, 0) is 42.9 Å². The van der Waals surface area contributed by atoms with E-state index in [0.29, 0.717) is 6.54 Å². The fraction of sp³-hybridized carbons (Fsp3) is 0.353. The molecule has 0 aliphatic heterocycles. The van der Waals surface area contributed by atoms with Crippen LogP contribution in [0.15, 0.2) is 41.4 Å². The van der Waals surface area contributed by atoms with Gasteiger partial charge < -0.3 is 9.73 Å². The third-order valence-electron chi connectivity index (χ3n) is 4.35. The SMILES string of the molecule is CC1CC=C(c2cnc(NCc3ccco3)n3cnnc23)CC1. The highest BCUT2D eigenvalue weighted by Gasteiger charge is 2.17. The van der Waals surface area contributed by atoms with Crippen LogP contribution in [0, 0.1) is 5.92 Å². The van der Waals surface area contributed by atoms with E-state index < -0.39 is 0 Å². The number of anilines is 1. The van der Waals surface area contributed by atoms with Gasteiger partial charge in [0, 0.05) is 11.8 Å². The van der Waals surface area contributed by atoms with E-state index in [2.05, 4.69) is 33.5 Å². The summed E-state index contributed by atoms with van der Waals surface area (Å²) in [6.07, 6.45) is 11.0. The highest BCUT2D eigenvalue weighted by Crippen LogP contribution is 2.31. The molecule has 0 saturated carbocycles. The number of hydrogen-bond donors (Lipinski definition) is 1. The molecule has 0 amide bonds. The Bertz CT molecular complexity index is 834. The maximum Gasteiger partial charge on any atom is 0.210 e. The zero-order chi connectivity index (χ0) is 15.6. The van der Waals surface area contributed by atoms with E-state index in [1.807, 2.05) is 22.7 Å². The Hall–Kier alpha value is -2.63. The molecule has 1 atom stereocenters. The molecule has 4 rings (SSSR count). The van der Waals surface area contributed by atoms with Crippen LogP contribution in [-0.2, 0) is 6.54 Å². The van der Waals surface area contributed by atoms with E-state index in [0.717, 1.165) is 41.7 Å². The molecule has 3 heterocycles. The molecule has 0 saturated heterocycles. The molecule has 0 bridgehead atoms. The van der Waals surface area contributed by atoms with Crippen molar-refractivity contribution in [1.82, 2.24) is 19.6 Å². The predicted octanol–water partition coefficient (Wildman–Crippen LogP) is 3.53. The zero-order valence-electron chi connectivity index (χ0n) is 13.1. The first-order chi connectivity index (χ1) is 11.3. The number of hydrogen-bond acceptors (Lipinski definition) is 5. The summed E-state index contributed by atoms with van der Waals surface area (Å²) in [6, 6.07) is 3.80. The summed E-state index contributed by atoms with van der Waals surface area (Å²) in [5.74, 6) is 2.34. The minimum absolute atomic E-state index is 0.576. The summed E-state index contributed by atoms with van der Waals surface area (Å²) in [5.41, 5.74) is 3.26. The van der Waals surface area contributed by atoms with E-state index in [1.165, 1.54) is 12.0 Å². The zero-order valence-corrected chi connectivity index (χ0v) is 13.1. The van der Waals surface area contributed by atoms with Crippen LogP contribution in [0.1, 0.15) is 37.5 Å². The number of furan rings is 1. The standard InChI is InChI=1S/C17H19N5O/c1-12-4-6-13(7-5-12)15-10-19-17(22-11-20-21-16(15)22)18-9-14-3-2-8-23-14/h2-3,6,8,10-12H,4-5,7,9H2,1H3,(H,18,19). The third kappa shape index (κ3) is 2.72. The van der Waals surface area contributed by atoms with Gasteiger partial charge >= 0.3 is 0 Å². The van der Waals surface area contributed by atoms with Gasteiger partial charge in [0.25, 0.3) is 0 Å². The second kappa shape index (κ2) is 5.87. The summed E-state index contributed by atoms with van der Waals surface area (Å²) in [7, 11) is 0. The van der Waals surface area contributed by atoms with Crippen LogP contribution < -0.4 is 5.32 Å². The van der Waals surface area contributed by atoms with Crippen LogP contribution in [-0.4, -0.2) is 19.6 Å². The predicted molar refractivity (Wildman–Crippen MR) is 87.8 cm³/mol. The largest absolute Gasteiger partial charge is 0.467 e. The summed E-state index contributed by atoms with van der Waals surface area (Å²) >= 11 is 0. The fourth-order valence-corrected chi connectivity index (χ4v) is 2.97. The molecule has 6 heteroatoms. The number of allylic oxidation sites excluding steroid dienone is 2.